The number of carbonyl (C=O) groups is 1. The minimum absolute atomic E-state index is 0.172. The van der Waals surface area contributed by atoms with E-state index in [2.05, 4.69) is 9.97 Å². The second kappa shape index (κ2) is 7.38. The Hall–Kier alpha value is -3.10. The molecule has 0 saturated carbocycles. The van der Waals surface area contributed by atoms with Crippen LogP contribution in [0.5, 0.6) is 0 Å². The lowest BCUT2D eigenvalue weighted by Gasteiger charge is -2.06. The van der Waals surface area contributed by atoms with Crippen molar-refractivity contribution in [2.24, 2.45) is 0 Å². The van der Waals surface area contributed by atoms with Gasteiger partial charge in [-0.3, -0.25) is 4.79 Å². The SMILES string of the molecule is CC(C)=Cc1cnc2c(c1)c(-c1csc(C=O)n1)cn2S(=O)(=O)c1ccccc1. The van der Waals surface area contributed by atoms with Gasteiger partial charge in [-0.2, -0.15) is 0 Å². The average molecular weight is 424 g/mol. The minimum atomic E-state index is -3.84. The van der Waals surface area contributed by atoms with E-state index in [1.54, 1.807) is 41.9 Å². The summed E-state index contributed by atoms with van der Waals surface area (Å²) in [6.45, 7) is 3.96. The van der Waals surface area contributed by atoms with Crippen LogP contribution in [-0.2, 0) is 10.0 Å². The second-order valence-electron chi connectivity index (χ2n) is 6.71. The Balaban J connectivity index is 2.01. The van der Waals surface area contributed by atoms with E-state index in [-0.39, 0.29) is 4.90 Å². The number of allylic oxidation sites excluding steroid dienone is 1. The number of aldehydes is 1. The van der Waals surface area contributed by atoms with E-state index in [1.807, 2.05) is 26.0 Å². The number of fused-ring (bicyclic) bond motifs is 1. The van der Waals surface area contributed by atoms with E-state index in [0.29, 0.717) is 33.6 Å². The molecule has 8 heteroatoms. The van der Waals surface area contributed by atoms with Gasteiger partial charge in [0.15, 0.2) is 16.9 Å². The highest BCUT2D eigenvalue weighted by atomic mass is 32.2. The van der Waals surface area contributed by atoms with Gasteiger partial charge in [-0.15, -0.1) is 11.3 Å². The first-order valence-electron chi connectivity index (χ1n) is 8.78. The van der Waals surface area contributed by atoms with Crippen LogP contribution in [0.3, 0.4) is 0 Å². The molecule has 4 aromatic rings. The maximum Gasteiger partial charge on any atom is 0.269 e. The lowest BCUT2D eigenvalue weighted by atomic mass is 10.1. The van der Waals surface area contributed by atoms with Gasteiger partial charge in [0.05, 0.1) is 10.6 Å². The van der Waals surface area contributed by atoms with Crippen molar-refractivity contribution in [3.63, 3.8) is 0 Å². The number of rotatable bonds is 5. The zero-order valence-corrected chi connectivity index (χ0v) is 17.4. The van der Waals surface area contributed by atoms with Crippen LogP contribution < -0.4 is 0 Å². The van der Waals surface area contributed by atoms with Crippen LogP contribution in [0.4, 0.5) is 0 Å². The largest absolute Gasteiger partial charge is 0.295 e. The fourth-order valence-electron chi connectivity index (χ4n) is 3.07. The quantitative estimate of drug-likeness (QED) is 0.437. The van der Waals surface area contributed by atoms with Crippen LogP contribution in [-0.4, -0.2) is 28.6 Å². The predicted molar refractivity (Wildman–Crippen MR) is 115 cm³/mol. The van der Waals surface area contributed by atoms with Crippen LogP contribution in [0.2, 0.25) is 0 Å². The zero-order valence-electron chi connectivity index (χ0n) is 15.7. The molecule has 0 bridgehead atoms. The molecule has 3 aromatic heterocycles. The summed E-state index contributed by atoms with van der Waals surface area (Å²) in [6, 6.07) is 10.1. The normalized spacial score (nSPS) is 11.5. The summed E-state index contributed by atoms with van der Waals surface area (Å²) in [5.41, 5.74) is 3.43. The highest BCUT2D eigenvalue weighted by Crippen LogP contribution is 2.33. The van der Waals surface area contributed by atoms with Gasteiger partial charge >= 0.3 is 0 Å². The van der Waals surface area contributed by atoms with Gasteiger partial charge in [0, 0.05) is 28.7 Å². The lowest BCUT2D eigenvalue weighted by Crippen LogP contribution is -2.12. The third-order valence-electron chi connectivity index (χ3n) is 4.29. The van der Waals surface area contributed by atoms with Gasteiger partial charge in [0.2, 0.25) is 0 Å². The molecule has 4 rings (SSSR count). The van der Waals surface area contributed by atoms with Crippen LogP contribution >= 0.6 is 11.3 Å². The van der Waals surface area contributed by atoms with Gasteiger partial charge in [-0.1, -0.05) is 29.8 Å². The monoisotopic (exact) mass is 423 g/mol. The smallest absolute Gasteiger partial charge is 0.269 e. The number of hydrogen-bond donors (Lipinski definition) is 0. The van der Waals surface area contributed by atoms with Crippen LogP contribution in [0.25, 0.3) is 28.4 Å². The number of pyridine rings is 1. The molecule has 0 amide bonds. The molecular formula is C21H17N3O3S2. The molecule has 0 fully saturated rings. The highest BCUT2D eigenvalue weighted by Gasteiger charge is 2.23. The van der Waals surface area contributed by atoms with Crippen molar-refractivity contribution in [2.75, 3.05) is 0 Å². The van der Waals surface area contributed by atoms with Crippen molar-refractivity contribution in [3.05, 3.63) is 70.3 Å². The Morgan fingerprint density at radius 3 is 2.59 bits per heavy atom. The van der Waals surface area contributed by atoms with Gasteiger partial charge in [-0.05, 0) is 37.6 Å². The Bertz CT molecular complexity index is 1350. The summed E-state index contributed by atoms with van der Waals surface area (Å²) in [7, 11) is -3.84. The molecule has 0 aliphatic heterocycles. The first kappa shape index (κ1) is 19.2. The zero-order chi connectivity index (χ0) is 20.6. The molecule has 0 spiro atoms. The molecule has 0 unspecified atom stereocenters. The lowest BCUT2D eigenvalue weighted by molar-refractivity contribution is 0.112. The molecule has 1 aromatic carbocycles. The van der Waals surface area contributed by atoms with E-state index in [4.69, 9.17) is 0 Å². The Kier molecular flexibility index (Phi) is 4.89. The summed E-state index contributed by atoms with van der Waals surface area (Å²) in [5.74, 6) is 0. The maximum absolute atomic E-state index is 13.3. The van der Waals surface area contributed by atoms with Gasteiger partial charge < -0.3 is 0 Å². The first-order chi connectivity index (χ1) is 13.9. The predicted octanol–water partition coefficient (Wildman–Crippen LogP) is 4.63. The van der Waals surface area contributed by atoms with Crippen molar-refractivity contribution < 1.29 is 13.2 Å². The summed E-state index contributed by atoms with van der Waals surface area (Å²) >= 11 is 1.21. The summed E-state index contributed by atoms with van der Waals surface area (Å²) in [6.07, 6.45) is 5.82. The van der Waals surface area contributed by atoms with E-state index >= 15 is 0 Å². The van der Waals surface area contributed by atoms with Gasteiger partial charge in [0.1, 0.15) is 0 Å². The van der Waals surface area contributed by atoms with Crippen LogP contribution in [0.1, 0.15) is 29.2 Å². The third-order valence-corrected chi connectivity index (χ3v) is 6.72. The molecule has 0 N–H and O–H groups in total. The van der Waals surface area contributed by atoms with Crippen molar-refractivity contribution in [3.8, 4) is 11.3 Å². The molecule has 146 valence electrons. The molecular weight excluding hydrogens is 406 g/mol. The van der Waals surface area contributed by atoms with Crippen LogP contribution in [0.15, 0.2) is 64.6 Å². The summed E-state index contributed by atoms with van der Waals surface area (Å²) in [4.78, 5) is 20.0. The molecule has 3 heterocycles. The van der Waals surface area contributed by atoms with Gasteiger partial charge in [0.25, 0.3) is 10.0 Å². The molecule has 0 aliphatic carbocycles. The van der Waals surface area contributed by atoms with Crippen molar-refractivity contribution in [2.45, 2.75) is 18.7 Å². The second-order valence-corrected chi connectivity index (χ2v) is 9.41. The standard InChI is InChI=1S/C21H17N3O3S2/c1-14(2)8-15-9-17-18(19-13-28-20(12-25)23-19)11-24(21(17)22-10-15)29(26,27)16-6-4-3-5-7-16/h3-13H,1-2H3. The van der Waals surface area contributed by atoms with E-state index in [0.717, 1.165) is 11.1 Å². The fraction of sp³-hybridized carbons (Fsp3) is 0.0952. The Morgan fingerprint density at radius 2 is 1.93 bits per heavy atom. The molecule has 0 atom stereocenters. The topological polar surface area (TPSA) is 81.9 Å². The highest BCUT2D eigenvalue weighted by molar-refractivity contribution is 7.90. The number of aromatic nitrogens is 3. The molecule has 6 nitrogen and oxygen atoms in total. The third kappa shape index (κ3) is 3.52. The van der Waals surface area contributed by atoms with E-state index in [9.17, 15) is 13.2 Å². The van der Waals surface area contributed by atoms with Crippen LogP contribution in [0, 0.1) is 0 Å². The number of nitrogens with zero attached hydrogens (tertiary/aromatic N) is 3. The van der Waals surface area contributed by atoms with Crippen molar-refractivity contribution in [1.29, 1.82) is 0 Å². The Morgan fingerprint density at radius 1 is 1.17 bits per heavy atom. The molecule has 0 aliphatic rings. The molecule has 29 heavy (non-hydrogen) atoms. The number of carbonyl (C=O) groups excluding carboxylic acids is 1. The molecule has 0 radical (unpaired) electrons. The van der Waals surface area contributed by atoms with Gasteiger partial charge in [-0.25, -0.2) is 22.4 Å². The number of thiazole rings is 1. The average Bonchev–Trinajstić information content (AvgIpc) is 3.32. The minimum Gasteiger partial charge on any atom is -0.295 e. The Labute approximate surface area is 172 Å². The fourth-order valence-corrected chi connectivity index (χ4v) is 5.03. The van der Waals surface area contributed by atoms with Crippen molar-refractivity contribution >= 4 is 44.8 Å². The first-order valence-corrected chi connectivity index (χ1v) is 11.1. The van der Waals surface area contributed by atoms with Crippen molar-refractivity contribution in [1.82, 2.24) is 13.9 Å². The number of benzene rings is 1. The number of hydrogen-bond acceptors (Lipinski definition) is 6. The summed E-state index contributed by atoms with van der Waals surface area (Å²) in [5, 5.41) is 2.73. The van der Waals surface area contributed by atoms with E-state index < -0.39 is 10.0 Å². The van der Waals surface area contributed by atoms with E-state index in [1.165, 1.54) is 21.5 Å². The molecule has 0 saturated heterocycles. The summed E-state index contributed by atoms with van der Waals surface area (Å²) < 4.78 is 27.7. The maximum atomic E-state index is 13.3.